The maximum atomic E-state index is 12.1. The smallest absolute Gasteiger partial charge is 0.322 e. The summed E-state index contributed by atoms with van der Waals surface area (Å²) < 4.78 is 11.1. The summed E-state index contributed by atoms with van der Waals surface area (Å²) in [5.74, 6) is 0.958. The van der Waals surface area contributed by atoms with Crippen LogP contribution in [0.15, 0.2) is 59.0 Å². The van der Waals surface area contributed by atoms with E-state index in [1.807, 2.05) is 73.5 Å². The molecule has 140 valence electrons. The molecule has 7 nitrogen and oxygen atoms in total. The molecule has 0 spiro atoms. The van der Waals surface area contributed by atoms with Gasteiger partial charge in [-0.25, -0.2) is 0 Å². The van der Waals surface area contributed by atoms with E-state index in [2.05, 4.69) is 15.5 Å². The summed E-state index contributed by atoms with van der Waals surface area (Å²) in [4.78, 5) is 14.0. The molecule has 0 bridgehead atoms. The summed E-state index contributed by atoms with van der Waals surface area (Å²) in [6.45, 7) is 3.33. The molecule has 0 fully saturated rings. The minimum Gasteiger partial charge on any atom is -0.492 e. The number of anilines is 1. The van der Waals surface area contributed by atoms with E-state index in [4.69, 9.17) is 9.15 Å². The molecule has 0 radical (unpaired) electrons. The van der Waals surface area contributed by atoms with Crippen LogP contribution in [0.25, 0.3) is 11.5 Å². The van der Waals surface area contributed by atoms with Gasteiger partial charge in [0.15, 0.2) is 0 Å². The van der Waals surface area contributed by atoms with Gasteiger partial charge in [0.05, 0.1) is 6.54 Å². The molecular formula is C20H22N4O3. The molecular weight excluding hydrogens is 344 g/mol. The third-order valence-electron chi connectivity index (χ3n) is 3.87. The lowest BCUT2D eigenvalue weighted by molar-refractivity contribution is -0.117. The van der Waals surface area contributed by atoms with Crippen molar-refractivity contribution < 1.29 is 13.9 Å². The lowest BCUT2D eigenvalue weighted by atomic mass is 10.2. The molecule has 27 heavy (non-hydrogen) atoms. The van der Waals surface area contributed by atoms with E-state index in [1.165, 1.54) is 5.56 Å². The van der Waals surface area contributed by atoms with E-state index >= 15 is 0 Å². The second kappa shape index (κ2) is 8.95. The molecule has 1 N–H and O–H groups in total. The number of amides is 1. The topological polar surface area (TPSA) is 80.5 Å². The van der Waals surface area contributed by atoms with Crippen LogP contribution in [0.4, 0.5) is 6.01 Å². The van der Waals surface area contributed by atoms with E-state index in [9.17, 15) is 4.79 Å². The number of aromatic nitrogens is 2. The first-order valence-electron chi connectivity index (χ1n) is 8.67. The number of hydrogen-bond donors (Lipinski definition) is 1. The standard InChI is InChI=1S/C20H22N4O3/c1-15-8-10-17(11-9-15)26-13-12-24(2)14-18(25)21-20-23-22-19(27-20)16-6-4-3-5-7-16/h3-11H,12-14H2,1-2H3,(H,21,23,25). The average molecular weight is 366 g/mol. The summed E-state index contributed by atoms with van der Waals surface area (Å²) >= 11 is 0. The van der Waals surface area contributed by atoms with Crippen LogP contribution in [-0.4, -0.2) is 47.7 Å². The summed E-state index contributed by atoms with van der Waals surface area (Å²) in [5, 5.41) is 10.4. The maximum absolute atomic E-state index is 12.1. The number of rotatable bonds is 8. The number of nitrogens with zero attached hydrogens (tertiary/aromatic N) is 3. The van der Waals surface area contributed by atoms with Crippen molar-refractivity contribution in [2.24, 2.45) is 0 Å². The third kappa shape index (κ3) is 5.65. The Labute approximate surface area is 158 Å². The third-order valence-corrected chi connectivity index (χ3v) is 3.87. The highest BCUT2D eigenvalue weighted by molar-refractivity contribution is 5.90. The highest BCUT2D eigenvalue weighted by atomic mass is 16.5. The zero-order valence-electron chi connectivity index (χ0n) is 15.4. The number of likely N-dealkylation sites (N-methyl/N-ethyl adjacent to an activating group) is 1. The lowest BCUT2D eigenvalue weighted by Gasteiger charge is -2.16. The quantitative estimate of drug-likeness (QED) is 0.660. The number of carbonyl (C=O) groups excluding carboxylic acids is 1. The molecule has 0 saturated carbocycles. The predicted octanol–water partition coefficient (Wildman–Crippen LogP) is 2.99. The number of carbonyl (C=O) groups is 1. The molecule has 0 unspecified atom stereocenters. The van der Waals surface area contributed by atoms with Gasteiger partial charge in [-0.2, -0.15) is 0 Å². The molecule has 0 aliphatic heterocycles. The summed E-state index contributed by atoms with van der Waals surface area (Å²) in [5.41, 5.74) is 1.99. The Morgan fingerprint density at radius 1 is 1.11 bits per heavy atom. The van der Waals surface area contributed by atoms with E-state index < -0.39 is 0 Å². The fraction of sp³-hybridized carbons (Fsp3) is 0.250. The number of benzene rings is 2. The van der Waals surface area contributed by atoms with Crippen LogP contribution < -0.4 is 10.1 Å². The lowest BCUT2D eigenvalue weighted by Crippen LogP contribution is -2.33. The fourth-order valence-corrected chi connectivity index (χ4v) is 2.41. The monoisotopic (exact) mass is 366 g/mol. The largest absolute Gasteiger partial charge is 0.492 e. The van der Waals surface area contributed by atoms with Crippen molar-refractivity contribution in [1.29, 1.82) is 0 Å². The highest BCUT2D eigenvalue weighted by Gasteiger charge is 2.12. The van der Waals surface area contributed by atoms with Crippen LogP contribution in [0.5, 0.6) is 5.75 Å². The van der Waals surface area contributed by atoms with Crippen molar-refractivity contribution in [3.8, 4) is 17.2 Å². The molecule has 0 aliphatic carbocycles. The van der Waals surface area contributed by atoms with Gasteiger partial charge in [0.1, 0.15) is 12.4 Å². The fourth-order valence-electron chi connectivity index (χ4n) is 2.41. The summed E-state index contributed by atoms with van der Waals surface area (Å²) in [6.07, 6.45) is 0. The number of aryl methyl sites for hydroxylation is 1. The normalized spacial score (nSPS) is 10.8. The van der Waals surface area contributed by atoms with E-state index in [1.54, 1.807) is 0 Å². The number of hydrogen-bond acceptors (Lipinski definition) is 6. The van der Waals surface area contributed by atoms with Crippen LogP contribution in [-0.2, 0) is 4.79 Å². The summed E-state index contributed by atoms with van der Waals surface area (Å²) in [6, 6.07) is 17.3. The van der Waals surface area contributed by atoms with E-state index in [0.29, 0.717) is 19.0 Å². The van der Waals surface area contributed by atoms with Crippen molar-refractivity contribution in [3.05, 3.63) is 60.2 Å². The van der Waals surface area contributed by atoms with Gasteiger partial charge in [-0.3, -0.25) is 15.0 Å². The SMILES string of the molecule is Cc1ccc(OCCN(C)CC(=O)Nc2nnc(-c3ccccc3)o2)cc1. The van der Waals surface area contributed by atoms with Crippen LogP contribution in [0, 0.1) is 6.92 Å². The Hall–Kier alpha value is -3.19. The van der Waals surface area contributed by atoms with Crippen molar-refractivity contribution in [1.82, 2.24) is 15.1 Å². The average Bonchev–Trinajstić information content (AvgIpc) is 3.12. The molecule has 7 heteroatoms. The first kappa shape index (κ1) is 18.6. The van der Waals surface area contributed by atoms with Gasteiger partial charge in [0.2, 0.25) is 11.8 Å². The number of ether oxygens (including phenoxy) is 1. The van der Waals surface area contributed by atoms with E-state index in [0.717, 1.165) is 11.3 Å². The molecule has 3 rings (SSSR count). The van der Waals surface area contributed by atoms with Crippen molar-refractivity contribution in [2.45, 2.75) is 6.92 Å². The summed E-state index contributed by atoms with van der Waals surface area (Å²) in [7, 11) is 1.85. The van der Waals surface area contributed by atoms with Gasteiger partial charge < -0.3 is 9.15 Å². The predicted molar refractivity (Wildman–Crippen MR) is 103 cm³/mol. The van der Waals surface area contributed by atoms with Gasteiger partial charge >= 0.3 is 6.01 Å². The molecule has 1 aromatic heterocycles. The Bertz CT molecular complexity index is 862. The second-order valence-corrected chi connectivity index (χ2v) is 6.23. The van der Waals surface area contributed by atoms with Crippen LogP contribution in [0.1, 0.15) is 5.56 Å². The molecule has 0 atom stereocenters. The van der Waals surface area contributed by atoms with Crippen LogP contribution in [0.2, 0.25) is 0 Å². The minimum absolute atomic E-state index is 0.0863. The Morgan fingerprint density at radius 3 is 2.59 bits per heavy atom. The Balaban J connectivity index is 1.42. The molecule has 1 amide bonds. The Morgan fingerprint density at radius 2 is 1.85 bits per heavy atom. The Kier molecular flexibility index (Phi) is 6.17. The zero-order valence-corrected chi connectivity index (χ0v) is 15.4. The van der Waals surface area contributed by atoms with Gasteiger partial charge in [-0.15, -0.1) is 5.10 Å². The van der Waals surface area contributed by atoms with E-state index in [-0.39, 0.29) is 18.5 Å². The maximum Gasteiger partial charge on any atom is 0.322 e. The molecule has 0 saturated heterocycles. The number of nitrogens with one attached hydrogen (secondary N) is 1. The van der Waals surface area contributed by atoms with Crippen LogP contribution >= 0.6 is 0 Å². The first-order valence-corrected chi connectivity index (χ1v) is 8.67. The molecule has 2 aromatic carbocycles. The van der Waals surface area contributed by atoms with Gasteiger partial charge in [0.25, 0.3) is 0 Å². The molecule has 0 aliphatic rings. The van der Waals surface area contributed by atoms with Gasteiger partial charge in [-0.05, 0) is 38.2 Å². The van der Waals surface area contributed by atoms with Gasteiger partial charge in [-0.1, -0.05) is 41.0 Å². The second-order valence-electron chi connectivity index (χ2n) is 6.23. The van der Waals surface area contributed by atoms with Crippen molar-refractivity contribution >= 4 is 11.9 Å². The minimum atomic E-state index is -0.226. The van der Waals surface area contributed by atoms with Crippen molar-refractivity contribution in [2.75, 3.05) is 32.1 Å². The highest BCUT2D eigenvalue weighted by Crippen LogP contribution is 2.18. The van der Waals surface area contributed by atoms with Crippen LogP contribution in [0.3, 0.4) is 0 Å². The van der Waals surface area contributed by atoms with Crippen molar-refractivity contribution in [3.63, 3.8) is 0 Å². The first-order chi connectivity index (χ1) is 13.1. The molecule has 1 heterocycles. The zero-order chi connectivity index (χ0) is 19.1. The molecule has 3 aromatic rings. The van der Waals surface area contributed by atoms with Gasteiger partial charge in [0, 0.05) is 12.1 Å².